The van der Waals surface area contributed by atoms with Crippen molar-refractivity contribution in [2.24, 2.45) is 0 Å². The number of aliphatic carboxylic acids is 1. The number of alkyl carbamates (subject to hydrolysis) is 1. The van der Waals surface area contributed by atoms with Crippen molar-refractivity contribution in [1.82, 2.24) is 5.32 Å². The molecule has 0 aromatic heterocycles. The third kappa shape index (κ3) is 4.52. The maximum Gasteiger partial charge on any atom is 0.407 e. The molecule has 6 nitrogen and oxygen atoms in total. The van der Waals surface area contributed by atoms with Crippen LogP contribution in [0.15, 0.2) is 69.6 Å². The van der Waals surface area contributed by atoms with E-state index in [1.807, 2.05) is 36.4 Å². The largest absolute Gasteiger partial charge is 0.480 e. The number of nitrogens with one attached hydrogen (secondary N) is 1. The molecule has 0 radical (unpaired) electrons. The second-order valence-electron chi connectivity index (χ2n) is 7.54. The standard InChI is InChI=1S/C24H20Br2N2O4/c25-19-9-13(10-20(26)22(19)27)11-21(23(29)30)28-24(31)32-12-18-16-7-3-1-5-14(16)15-6-2-4-8-17(15)18/h1-10,18,21H,11-12,27H2,(H,28,31)(H,29,30)/t21-/m1/s1. The van der Waals surface area contributed by atoms with E-state index in [-0.39, 0.29) is 18.9 Å². The molecule has 1 aliphatic rings. The van der Waals surface area contributed by atoms with Crippen LogP contribution >= 0.6 is 31.9 Å². The summed E-state index contributed by atoms with van der Waals surface area (Å²) in [6, 6.07) is 18.4. The fourth-order valence-corrected chi connectivity index (χ4v) is 5.25. The zero-order valence-electron chi connectivity index (χ0n) is 16.8. The number of carbonyl (C=O) groups excluding carboxylic acids is 1. The van der Waals surface area contributed by atoms with Crippen LogP contribution in [0.3, 0.4) is 0 Å². The lowest BCUT2D eigenvalue weighted by atomic mass is 9.98. The van der Waals surface area contributed by atoms with Gasteiger partial charge in [0.05, 0.1) is 5.69 Å². The highest BCUT2D eigenvalue weighted by Gasteiger charge is 2.29. The Morgan fingerprint density at radius 1 is 1.00 bits per heavy atom. The highest BCUT2D eigenvalue weighted by atomic mass is 79.9. The van der Waals surface area contributed by atoms with Crippen LogP contribution in [-0.4, -0.2) is 29.8 Å². The molecule has 0 heterocycles. The summed E-state index contributed by atoms with van der Waals surface area (Å²) in [5.74, 6) is -1.25. The molecule has 3 aromatic carbocycles. The molecule has 4 rings (SSSR count). The topological polar surface area (TPSA) is 102 Å². The zero-order valence-corrected chi connectivity index (χ0v) is 20.0. The van der Waals surface area contributed by atoms with Crippen molar-refractivity contribution in [2.75, 3.05) is 12.3 Å². The predicted octanol–water partition coefficient (Wildman–Crippen LogP) is 5.33. The number of benzene rings is 3. The first-order valence-corrected chi connectivity index (χ1v) is 11.5. The van der Waals surface area contributed by atoms with Crippen LogP contribution in [0.2, 0.25) is 0 Å². The molecule has 32 heavy (non-hydrogen) atoms. The highest BCUT2D eigenvalue weighted by molar-refractivity contribution is 9.11. The Morgan fingerprint density at radius 3 is 2.06 bits per heavy atom. The maximum absolute atomic E-state index is 12.5. The molecular formula is C24H20Br2N2O4. The number of carboxylic acid groups (broad SMARTS) is 1. The molecule has 0 saturated carbocycles. The van der Waals surface area contributed by atoms with E-state index in [4.69, 9.17) is 10.5 Å². The number of ether oxygens (including phenoxy) is 1. The minimum atomic E-state index is -1.15. The van der Waals surface area contributed by atoms with Gasteiger partial charge in [-0.1, -0.05) is 48.5 Å². The second kappa shape index (κ2) is 9.34. The monoisotopic (exact) mass is 558 g/mol. The second-order valence-corrected chi connectivity index (χ2v) is 9.25. The van der Waals surface area contributed by atoms with E-state index in [1.165, 1.54) is 0 Å². The Bertz CT molecular complexity index is 1130. The smallest absolute Gasteiger partial charge is 0.407 e. The van der Waals surface area contributed by atoms with Crippen LogP contribution in [0.1, 0.15) is 22.6 Å². The average molecular weight is 560 g/mol. The molecule has 3 aromatic rings. The first-order chi connectivity index (χ1) is 15.3. The van der Waals surface area contributed by atoms with Crippen molar-refractivity contribution >= 4 is 49.6 Å². The summed E-state index contributed by atoms with van der Waals surface area (Å²) >= 11 is 6.70. The van der Waals surface area contributed by atoms with Gasteiger partial charge in [0.25, 0.3) is 0 Å². The van der Waals surface area contributed by atoms with Gasteiger partial charge in [0.2, 0.25) is 0 Å². The summed E-state index contributed by atoms with van der Waals surface area (Å²) in [5.41, 5.74) is 11.5. The fourth-order valence-electron chi connectivity index (χ4n) is 3.97. The molecule has 1 amide bonds. The number of halogens is 2. The van der Waals surface area contributed by atoms with E-state index in [2.05, 4.69) is 49.3 Å². The quantitative estimate of drug-likeness (QED) is 0.354. The Morgan fingerprint density at radius 2 is 1.53 bits per heavy atom. The summed E-state index contributed by atoms with van der Waals surface area (Å²) in [6.45, 7) is 0.116. The summed E-state index contributed by atoms with van der Waals surface area (Å²) < 4.78 is 6.76. The van der Waals surface area contributed by atoms with Gasteiger partial charge in [0.1, 0.15) is 12.6 Å². The molecule has 0 aliphatic heterocycles. The van der Waals surface area contributed by atoms with E-state index in [0.717, 1.165) is 22.3 Å². The Hall–Kier alpha value is -2.84. The first kappa shape index (κ1) is 22.4. The van der Waals surface area contributed by atoms with E-state index in [1.54, 1.807) is 12.1 Å². The number of hydrogen-bond donors (Lipinski definition) is 3. The van der Waals surface area contributed by atoms with Gasteiger partial charge in [0, 0.05) is 21.3 Å². The van der Waals surface area contributed by atoms with Gasteiger partial charge < -0.3 is 20.9 Å². The van der Waals surface area contributed by atoms with E-state index < -0.39 is 18.1 Å². The number of anilines is 1. The normalized spacial score (nSPS) is 13.2. The molecule has 8 heteroatoms. The third-order valence-corrected chi connectivity index (χ3v) is 6.82. The van der Waals surface area contributed by atoms with Gasteiger partial charge in [-0.05, 0) is 71.8 Å². The molecule has 0 unspecified atom stereocenters. The van der Waals surface area contributed by atoms with Gasteiger partial charge in [-0.15, -0.1) is 0 Å². The van der Waals surface area contributed by atoms with Gasteiger partial charge >= 0.3 is 12.1 Å². The molecule has 0 bridgehead atoms. The van der Waals surface area contributed by atoms with Gasteiger partial charge in [-0.3, -0.25) is 0 Å². The number of hydrogen-bond acceptors (Lipinski definition) is 4. The number of carbonyl (C=O) groups is 2. The van der Waals surface area contributed by atoms with Crippen LogP contribution in [0.25, 0.3) is 11.1 Å². The van der Waals surface area contributed by atoms with E-state index >= 15 is 0 Å². The number of fused-ring (bicyclic) bond motifs is 3. The Labute approximate surface area is 202 Å². The van der Waals surface area contributed by atoms with Crippen molar-refractivity contribution in [1.29, 1.82) is 0 Å². The summed E-state index contributed by atoms with van der Waals surface area (Å²) in [6.07, 6.45) is -0.690. The van der Waals surface area contributed by atoms with Gasteiger partial charge in [-0.25, -0.2) is 9.59 Å². The van der Waals surface area contributed by atoms with Crippen LogP contribution in [0.4, 0.5) is 10.5 Å². The van der Waals surface area contributed by atoms with Crippen molar-refractivity contribution in [3.8, 4) is 11.1 Å². The van der Waals surface area contributed by atoms with E-state index in [0.29, 0.717) is 20.2 Å². The zero-order chi connectivity index (χ0) is 22.8. The Balaban J connectivity index is 1.44. The van der Waals surface area contributed by atoms with Crippen molar-refractivity contribution in [2.45, 2.75) is 18.4 Å². The van der Waals surface area contributed by atoms with Crippen LogP contribution in [0.5, 0.6) is 0 Å². The van der Waals surface area contributed by atoms with Crippen LogP contribution in [0, 0.1) is 0 Å². The highest BCUT2D eigenvalue weighted by Crippen LogP contribution is 2.44. The number of rotatable bonds is 6. The fraction of sp³-hybridized carbons (Fsp3) is 0.167. The maximum atomic E-state index is 12.5. The number of amides is 1. The Kier molecular flexibility index (Phi) is 6.53. The molecule has 0 fully saturated rings. The van der Waals surface area contributed by atoms with Crippen molar-refractivity contribution in [3.63, 3.8) is 0 Å². The summed E-state index contributed by atoms with van der Waals surface area (Å²) in [7, 11) is 0. The lowest BCUT2D eigenvalue weighted by Gasteiger charge is -2.18. The lowest BCUT2D eigenvalue weighted by molar-refractivity contribution is -0.139. The number of carboxylic acids is 1. The summed E-state index contributed by atoms with van der Waals surface area (Å²) in [5, 5.41) is 12.1. The predicted molar refractivity (Wildman–Crippen MR) is 130 cm³/mol. The molecule has 4 N–H and O–H groups in total. The minimum Gasteiger partial charge on any atom is -0.480 e. The van der Waals surface area contributed by atoms with Gasteiger partial charge in [-0.2, -0.15) is 0 Å². The van der Waals surface area contributed by atoms with Crippen molar-refractivity contribution in [3.05, 3.63) is 86.3 Å². The molecular weight excluding hydrogens is 540 g/mol. The minimum absolute atomic E-state index is 0.0804. The molecule has 1 atom stereocenters. The SMILES string of the molecule is Nc1c(Br)cc(C[C@@H](NC(=O)OCC2c3ccccc3-c3ccccc32)C(=O)O)cc1Br. The van der Waals surface area contributed by atoms with Gasteiger partial charge in [0.15, 0.2) is 0 Å². The van der Waals surface area contributed by atoms with Crippen molar-refractivity contribution < 1.29 is 19.4 Å². The molecule has 164 valence electrons. The molecule has 0 spiro atoms. The lowest BCUT2D eigenvalue weighted by Crippen LogP contribution is -2.42. The van der Waals surface area contributed by atoms with E-state index in [9.17, 15) is 14.7 Å². The average Bonchev–Trinajstić information content (AvgIpc) is 3.09. The molecule has 1 aliphatic carbocycles. The molecule has 0 saturated heterocycles. The van der Waals surface area contributed by atoms with Crippen LogP contribution < -0.4 is 11.1 Å². The number of nitrogens with two attached hydrogens (primary N) is 1. The summed E-state index contributed by atoms with van der Waals surface area (Å²) in [4.78, 5) is 24.2. The van der Waals surface area contributed by atoms with Crippen LogP contribution in [-0.2, 0) is 16.0 Å². The number of nitrogen functional groups attached to an aromatic ring is 1. The first-order valence-electron chi connectivity index (χ1n) is 9.93. The third-order valence-electron chi connectivity index (χ3n) is 5.51.